The van der Waals surface area contributed by atoms with Crippen LogP contribution in [0.5, 0.6) is 0 Å². The minimum atomic E-state index is 0.597. The molecule has 1 heteroatoms. The average molecular weight is 347 g/mol. The van der Waals surface area contributed by atoms with E-state index in [2.05, 4.69) is 19.6 Å². The van der Waals surface area contributed by atoms with Crippen LogP contribution >= 0.6 is 0 Å². The Labute approximate surface area is 157 Å². The largest absolute Gasteiger partial charge is 0.378 e. The molecule has 0 N–H and O–H groups in total. The third-order valence-corrected chi connectivity index (χ3v) is 7.78. The summed E-state index contributed by atoms with van der Waals surface area (Å²) < 4.78 is 6.36. The maximum Gasteiger partial charge on any atom is 0.0603 e. The van der Waals surface area contributed by atoms with Crippen molar-refractivity contribution in [3.05, 3.63) is 12.7 Å². The Balaban J connectivity index is 1.34. The first-order valence-corrected chi connectivity index (χ1v) is 11.5. The van der Waals surface area contributed by atoms with Crippen LogP contribution in [0, 0.1) is 29.6 Å². The molecule has 0 amide bonds. The molecule has 1 saturated heterocycles. The lowest BCUT2D eigenvalue weighted by atomic mass is 9.68. The zero-order chi connectivity index (χ0) is 17.5. The van der Waals surface area contributed by atoms with Crippen LogP contribution in [0.1, 0.15) is 96.8 Å². The highest BCUT2D eigenvalue weighted by Gasteiger charge is 2.34. The number of hydrogen-bond acceptors (Lipinski definition) is 1. The van der Waals surface area contributed by atoms with Crippen molar-refractivity contribution >= 4 is 0 Å². The van der Waals surface area contributed by atoms with Gasteiger partial charge in [-0.2, -0.15) is 0 Å². The van der Waals surface area contributed by atoms with Crippen LogP contribution in [0.25, 0.3) is 0 Å². The van der Waals surface area contributed by atoms with Gasteiger partial charge in [0.25, 0.3) is 0 Å². The summed E-state index contributed by atoms with van der Waals surface area (Å²) in [5.74, 6) is 4.59. The van der Waals surface area contributed by atoms with Crippen LogP contribution in [-0.2, 0) is 4.74 Å². The highest BCUT2D eigenvalue weighted by molar-refractivity contribution is 4.89. The zero-order valence-electron chi connectivity index (χ0n) is 16.8. The molecule has 1 aliphatic heterocycles. The van der Waals surface area contributed by atoms with Gasteiger partial charge in [-0.05, 0) is 100 Å². The summed E-state index contributed by atoms with van der Waals surface area (Å²) >= 11 is 0. The molecule has 0 aromatic carbocycles. The predicted octanol–water partition coefficient (Wildman–Crippen LogP) is 7.16. The molecule has 144 valence electrons. The lowest BCUT2D eigenvalue weighted by Gasteiger charge is -2.41. The fourth-order valence-electron chi connectivity index (χ4n) is 5.95. The number of ether oxygens (including phenoxy) is 1. The summed E-state index contributed by atoms with van der Waals surface area (Å²) in [5, 5.41) is 0. The Morgan fingerprint density at radius 2 is 1.44 bits per heavy atom. The van der Waals surface area contributed by atoms with E-state index in [0.29, 0.717) is 6.10 Å². The van der Waals surface area contributed by atoms with E-state index < -0.39 is 0 Å². The van der Waals surface area contributed by atoms with E-state index in [1.54, 1.807) is 0 Å². The molecule has 0 aromatic rings. The summed E-state index contributed by atoms with van der Waals surface area (Å²) in [4.78, 5) is 0. The smallest absolute Gasteiger partial charge is 0.0603 e. The van der Waals surface area contributed by atoms with Crippen molar-refractivity contribution in [2.45, 2.75) is 103 Å². The average Bonchev–Trinajstić information content (AvgIpc) is 2.69. The maximum atomic E-state index is 6.36. The van der Waals surface area contributed by atoms with E-state index in [-0.39, 0.29) is 0 Å². The van der Waals surface area contributed by atoms with E-state index >= 15 is 0 Å². The van der Waals surface area contributed by atoms with Gasteiger partial charge in [-0.3, -0.25) is 0 Å². The van der Waals surface area contributed by atoms with Crippen molar-refractivity contribution in [3.63, 3.8) is 0 Å². The monoisotopic (exact) mass is 346 g/mol. The van der Waals surface area contributed by atoms with Gasteiger partial charge in [0, 0.05) is 6.61 Å². The highest BCUT2D eigenvalue weighted by Crippen LogP contribution is 2.43. The Hall–Kier alpha value is -0.300. The van der Waals surface area contributed by atoms with Crippen molar-refractivity contribution in [2.75, 3.05) is 6.61 Å². The van der Waals surface area contributed by atoms with Gasteiger partial charge < -0.3 is 4.74 Å². The first kappa shape index (κ1) is 19.5. The molecule has 0 bridgehead atoms. The third-order valence-electron chi connectivity index (χ3n) is 7.78. The molecule has 0 spiro atoms. The minimum absolute atomic E-state index is 0.597. The summed E-state index contributed by atoms with van der Waals surface area (Å²) in [6.45, 7) is 7.35. The molecule has 2 atom stereocenters. The van der Waals surface area contributed by atoms with Crippen molar-refractivity contribution in [1.82, 2.24) is 0 Å². The Morgan fingerprint density at radius 3 is 2.00 bits per heavy atom. The fraction of sp³-hybridized carbons (Fsp3) is 0.917. The molecular weight excluding hydrogens is 304 g/mol. The lowest BCUT2D eigenvalue weighted by molar-refractivity contribution is -0.0620. The standard InChI is InChI=1S/C24H42O/c1-3-5-6-7-20-10-17-24(25-18-20)23-15-13-22(14-16-23)21-11-8-19(4-2)9-12-21/h4,19-24H,2-3,5-18H2,1H3. The van der Waals surface area contributed by atoms with Crippen LogP contribution < -0.4 is 0 Å². The summed E-state index contributed by atoms with van der Waals surface area (Å²) in [6, 6.07) is 0. The van der Waals surface area contributed by atoms with Crippen LogP contribution in [0.15, 0.2) is 12.7 Å². The second-order valence-electron chi connectivity index (χ2n) is 9.40. The number of rotatable bonds is 7. The molecule has 3 rings (SSSR count). The first-order chi connectivity index (χ1) is 12.3. The molecule has 2 aliphatic carbocycles. The molecule has 1 nitrogen and oxygen atoms in total. The van der Waals surface area contributed by atoms with Crippen molar-refractivity contribution < 1.29 is 4.74 Å². The predicted molar refractivity (Wildman–Crippen MR) is 108 cm³/mol. The topological polar surface area (TPSA) is 9.23 Å². The summed E-state index contributed by atoms with van der Waals surface area (Å²) in [7, 11) is 0. The molecular formula is C24H42O. The zero-order valence-corrected chi connectivity index (χ0v) is 16.8. The van der Waals surface area contributed by atoms with Gasteiger partial charge in [-0.15, -0.1) is 6.58 Å². The van der Waals surface area contributed by atoms with E-state index in [9.17, 15) is 0 Å². The van der Waals surface area contributed by atoms with Crippen molar-refractivity contribution in [3.8, 4) is 0 Å². The normalized spacial score (nSPS) is 39.9. The molecule has 25 heavy (non-hydrogen) atoms. The quantitative estimate of drug-likeness (QED) is 0.351. The maximum absolute atomic E-state index is 6.36. The second-order valence-corrected chi connectivity index (χ2v) is 9.40. The summed E-state index contributed by atoms with van der Waals surface area (Å²) in [5.41, 5.74) is 0. The van der Waals surface area contributed by atoms with E-state index in [1.165, 1.54) is 89.9 Å². The van der Waals surface area contributed by atoms with Gasteiger partial charge in [-0.1, -0.05) is 32.3 Å². The number of hydrogen-bond donors (Lipinski definition) is 0. The fourth-order valence-corrected chi connectivity index (χ4v) is 5.95. The molecule has 1 heterocycles. The number of allylic oxidation sites excluding steroid dienone is 1. The third kappa shape index (κ3) is 5.59. The second kappa shape index (κ2) is 10.1. The van der Waals surface area contributed by atoms with Crippen LogP contribution in [0.3, 0.4) is 0 Å². The minimum Gasteiger partial charge on any atom is -0.378 e. The molecule has 0 radical (unpaired) electrons. The van der Waals surface area contributed by atoms with E-state index in [4.69, 9.17) is 4.74 Å². The molecule has 2 unspecified atom stereocenters. The first-order valence-electron chi connectivity index (χ1n) is 11.5. The Bertz CT molecular complexity index is 366. The van der Waals surface area contributed by atoms with Gasteiger partial charge in [0.2, 0.25) is 0 Å². The van der Waals surface area contributed by atoms with Crippen LogP contribution in [0.4, 0.5) is 0 Å². The van der Waals surface area contributed by atoms with Crippen LogP contribution in [-0.4, -0.2) is 12.7 Å². The number of unbranched alkanes of at least 4 members (excludes halogenated alkanes) is 2. The molecule has 3 fully saturated rings. The van der Waals surface area contributed by atoms with Gasteiger partial charge in [0.05, 0.1) is 6.10 Å². The van der Waals surface area contributed by atoms with E-state index in [1.807, 2.05) is 0 Å². The SMILES string of the molecule is C=CC1CCC(C2CCC(C3CCC(CCCCC)CO3)CC2)CC1. The van der Waals surface area contributed by atoms with Crippen LogP contribution in [0.2, 0.25) is 0 Å². The molecule has 2 saturated carbocycles. The van der Waals surface area contributed by atoms with Crippen molar-refractivity contribution in [2.24, 2.45) is 29.6 Å². The van der Waals surface area contributed by atoms with Gasteiger partial charge >= 0.3 is 0 Å². The molecule has 0 aromatic heterocycles. The van der Waals surface area contributed by atoms with E-state index in [0.717, 1.165) is 36.2 Å². The Morgan fingerprint density at radius 1 is 0.800 bits per heavy atom. The van der Waals surface area contributed by atoms with Crippen molar-refractivity contribution in [1.29, 1.82) is 0 Å². The Kier molecular flexibility index (Phi) is 7.90. The van der Waals surface area contributed by atoms with Gasteiger partial charge in [0.1, 0.15) is 0 Å². The van der Waals surface area contributed by atoms with Gasteiger partial charge in [-0.25, -0.2) is 0 Å². The highest BCUT2D eigenvalue weighted by atomic mass is 16.5. The summed E-state index contributed by atoms with van der Waals surface area (Å²) in [6.07, 6.45) is 22.7. The molecule has 3 aliphatic rings. The lowest BCUT2D eigenvalue weighted by Crippen LogP contribution is -2.35. The van der Waals surface area contributed by atoms with Gasteiger partial charge in [0.15, 0.2) is 0 Å².